The zero-order valence-electron chi connectivity index (χ0n) is 10.5. The molecule has 0 fully saturated rings. The fourth-order valence-corrected chi connectivity index (χ4v) is 2.60. The van der Waals surface area contributed by atoms with Crippen molar-refractivity contribution in [3.05, 3.63) is 28.6 Å². The molecule has 0 aliphatic carbocycles. The van der Waals surface area contributed by atoms with Crippen molar-refractivity contribution in [3.63, 3.8) is 0 Å². The summed E-state index contributed by atoms with van der Waals surface area (Å²) < 4.78 is 5.34. The van der Waals surface area contributed by atoms with Gasteiger partial charge < -0.3 is 14.7 Å². The third kappa shape index (κ3) is 2.01. The Morgan fingerprint density at radius 3 is 3.00 bits per heavy atom. The van der Waals surface area contributed by atoms with Crippen LogP contribution >= 0.6 is 11.3 Å². The van der Waals surface area contributed by atoms with Crippen molar-refractivity contribution in [2.24, 2.45) is 0 Å². The molecule has 1 N–H and O–H groups in total. The molecule has 1 aromatic carbocycles. The molecule has 0 saturated carbocycles. The smallest absolute Gasteiger partial charge is 0.365 e. The SMILES string of the molecule is CN1C(=O)COc2ccc(-c3csc(C(=O)O)n3)cc21. The molecular weight excluding hydrogens is 280 g/mol. The van der Waals surface area contributed by atoms with Crippen LogP contribution in [0.1, 0.15) is 9.80 Å². The maximum atomic E-state index is 11.6. The fourth-order valence-electron chi connectivity index (χ4n) is 1.94. The van der Waals surface area contributed by atoms with Crippen LogP contribution in [-0.2, 0) is 4.79 Å². The zero-order valence-corrected chi connectivity index (χ0v) is 11.3. The number of rotatable bonds is 2. The second-order valence-electron chi connectivity index (χ2n) is 4.27. The molecule has 2 aromatic rings. The summed E-state index contributed by atoms with van der Waals surface area (Å²) in [5, 5.41) is 10.6. The number of aromatic carboxylic acids is 1. The van der Waals surface area contributed by atoms with Crippen LogP contribution in [0.4, 0.5) is 5.69 Å². The third-order valence-corrected chi connectivity index (χ3v) is 3.86. The Labute approximate surface area is 118 Å². The van der Waals surface area contributed by atoms with Gasteiger partial charge >= 0.3 is 5.97 Å². The van der Waals surface area contributed by atoms with E-state index >= 15 is 0 Å². The van der Waals surface area contributed by atoms with E-state index in [1.54, 1.807) is 30.6 Å². The van der Waals surface area contributed by atoms with Gasteiger partial charge in [-0.1, -0.05) is 0 Å². The predicted octanol–water partition coefficient (Wildman–Crippen LogP) is 1.86. The highest BCUT2D eigenvalue weighted by atomic mass is 32.1. The zero-order chi connectivity index (χ0) is 14.3. The van der Waals surface area contributed by atoms with Gasteiger partial charge in [-0.15, -0.1) is 11.3 Å². The first kappa shape index (κ1) is 12.6. The summed E-state index contributed by atoms with van der Waals surface area (Å²) in [6, 6.07) is 5.32. The van der Waals surface area contributed by atoms with Crippen LogP contribution in [0.3, 0.4) is 0 Å². The Kier molecular flexibility index (Phi) is 2.90. The average Bonchev–Trinajstić information content (AvgIpc) is 2.93. The number of carboxylic acids is 1. The van der Waals surface area contributed by atoms with Crippen LogP contribution in [0.2, 0.25) is 0 Å². The van der Waals surface area contributed by atoms with Gasteiger partial charge in [-0.25, -0.2) is 9.78 Å². The Morgan fingerprint density at radius 1 is 1.50 bits per heavy atom. The van der Waals surface area contributed by atoms with E-state index in [-0.39, 0.29) is 17.5 Å². The lowest BCUT2D eigenvalue weighted by Gasteiger charge is -2.26. The minimum atomic E-state index is -1.05. The van der Waals surface area contributed by atoms with Crippen molar-refractivity contribution in [2.75, 3.05) is 18.6 Å². The van der Waals surface area contributed by atoms with Crippen LogP contribution < -0.4 is 9.64 Å². The first-order valence-corrected chi connectivity index (χ1v) is 6.67. The molecule has 0 atom stereocenters. The van der Waals surface area contributed by atoms with E-state index in [4.69, 9.17) is 9.84 Å². The van der Waals surface area contributed by atoms with Crippen molar-refractivity contribution in [2.45, 2.75) is 0 Å². The predicted molar refractivity (Wildman–Crippen MR) is 73.4 cm³/mol. The number of ether oxygens (including phenoxy) is 1. The highest BCUT2D eigenvalue weighted by Crippen LogP contribution is 2.35. The van der Waals surface area contributed by atoms with E-state index in [0.29, 0.717) is 17.1 Å². The third-order valence-electron chi connectivity index (χ3n) is 3.03. The van der Waals surface area contributed by atoms with Crippen molar-refractivity contribution < 1.29 is 19.4 Å². The van der Waals surface area contributed by atoms with E-state index in [1.165, 1.54) is 4.90 Å². The average molecular weight is 290 g/mol. The number of carbonyl (C=O) groups excluding carboxylic acids is 1. The molecular formula is C13H10N2O4S. The number of thiazole rings is 1. The van der Waals surface area contributed by atoms with E-state index in [0.717, 1.165) is 16.9 Å². The van der Waals surface area contributed by atoms with Crippen LogP contribution in [0.25, 0.3) is 11.3 Å². The van der Waals surface area contributed by atoms with Crippen LogP contribution in [0, 0.1) is 0 Å². The molecule has 2 heterocycles. The van der Waals surface area contributed by atoms with Gasteiger partial charge in [-0.3, -0.25) is 4.79 Å². The molecule has 0 saturated heterocycles. The lowest BCUT2D eigenvalue weighted by molar-refractivity contribution is -0.120. The lowest BCUT2D eigenvalue weighted by Crippen LogP contribution is -2.35. The summed E-state index contributed by atoms with van der Waals surface area (Å²) in [4.78, 5) is 28.0. The van der Waals surface area contributed by atoms with E-state index in [2.05, 4.69) is 4.98 Å². The first-order chi connectivity index (χ1) is 9.56. The first-order valence-electron chi connectivity index (χ1n) is 5.79. The fraction of sp³-hybridized carbons (Fsp3) is 0.154. The number of nitrogens with zero attached hydrogens (tertiary/aromatic N) is 2. The molecule has 20 heavy (non-hydrogen) atoms. The number of amides is 1. The topological polar surface area (TPSA) is 79.7 Å². The van der Waals surface area contributed by atoms with Gasteiger partial charge in [0.15, 0.2) is 6.61 Å². The van der Waals surface area contributed by atoms with Gasteiger partial charge in [-0.2, -0.15) is 0 Å². The van der Waals surface area contributed by atoms with Crippen molar-refractivity contribution in [1.29, 1.82) is 0 Å². The van der Waals surface area contributed by atoms with Crippen molar-refractivity contribution in [3.8, 4) is 17.0 Å². The van der Waals surface area contributed by atoms with Gasteiger partial charge in [0, 0.05) is 18.0 Å². The summed E-state index contributed by atoms with van der Waals surface area (Å²) in [7, 11) is 1.68. The Hall–Kier alpha value is -2.41. The number of hydrogen-bond donors (Lipinski definition) is 1. The number of aromatic nitrogens is 1. The molecule has 0 radical (unpaired) electrons. The normalized spacial score (nSPS) is 13.8. The van der Waals surface area contributed by atoms with Crippen LogP contribution in [0.5, 0.6) is 5.75 Å². The number of anilines is 1. The Balaban J connectivity index is 2.03. The number of carbonyl (C=O) groups is 2. The molecule has 102 valence electrons. The quantitative estimate of drug-likeness (QED) is 0.913. The standard InChI is InChI=1S/C13H10N2O4S/c1-15-9-4-7(2-3-10(9)19-5-11(15)16)8-6-20-12(14-8)13(17)18/h2-4,6H,5H2,1H3,(H,17,18). The summed E-state index contributed by atoms with van der Waals surface area (Å²) in [6.45, 7) is 0.0305. The molecule has 0 spiro atoms. The molecule has 6 nitrogen and oxygen atoms in total. The number of fused-ring (bicyclic) bond motifs is 1. The number of carboxylic acid groups (broad SMARTS) is 1. The monoisotopic (exact) mass is 290 g/mol. The highest BCUT2D eigenvalue weighted by molar-refractivity contribution is 7.11. The van der Waals surface area contributed by atoms with Crippen LogP contribution in [-0.4, -0.2) is 35.6 Å². The van der Waals surface area contributed by atoms with Crippen LogP contribution in [0.15, 0.2) is 23.6 Å². The van der Waals surface area contributed by atoms with Gasteiger partial charge in [0.2, 0.25) is 5.01 Å². The molecule has 0 unspecified atom stereocenters. The maximum absolute atomic E-state index is 11.6. The Morgan fingerprint density at radius 2 is 2.30 bits per heavy atom. The molecule has 0 bridgehead atoms. The summed E-state index contributed by atoms with van der Waals surface area (Å²) >= 11 is 1.07. The van der Waals surface area contributed by atoms with Crippen molar-refractivity contribution >= 4 is 28.9 Å². The maximum Gasteiger partial charge on any atom is 0.365 e. The van der Waals surface area contributed by atoms with Gasteiger partial charge in [0.25, 0.3) is 5.91 Å². The van der Waals surface area contributed by atoms with Gasteiger partial charge in [0.1, 0.15) is 5.75 Å². The molecule has 1 aliphatic rings. The molecule has 3 rings (SSSR count). The minimum Gasteiger partial charge on any atom is -0.482 e. The number of likely N-dealkylation sites (N-methyl/N-ethyl adjacent to an activating group) is 1. The summed E-state index contributed by atoms with van der Waals surface area (Å²) in [6.07, 6.45) is 0. The van der Waals surface area contributed by atoms with Gasteiger partial charge in [-0.05, 0) is 18.2 Å². The Bertz CT molecular complexity index is 710. The molecule has 1 amide bonds. The number of hydrogen-bond acceptors (Lipinski definition) is 5. The molecule has 1 aromatic heterocycles. The molecule has 1 aliphatic heterocycles. The highest BCUT2D eigenvalue weighted by Gasteiger charge is 2.23. The van der Waals surface area contributed by atoms with Crippen molar-refractivity contribution in [1.82, 2.24) is 4.98 Å². The molecule has 7 heteroatoms. The van der Waals surface area contributed by atoms with E-state index < -0.39 is 5.97 Å². The lowest BCUT2D eigenvalue weighted by atomic mass is 10.1. The second kappa shape index (κ2) is 4.61. The second-order valence-corrected chi connectivity index (χ2v) is 5.13. The minimum absolute atomic E-state index is 0.0305. The summed E-state index contributed by atoms with van der Waals surface area (Å²) in [5.74, 6) is -0.543. The van der Waals surface area contributed by atoms with E-state index in [1.807, 2.05) is 0 Å². The summed E-state index contributed by atoms with van der Waals surface area (Å²) in [5.41, 5.74) is 1.97. The van der Waals surface area contributed by atoms with E-state index in [9.17, 15) is 9.59 Å². The number of benzene rings is 1. The largest absolute Gasteiger partial charge is 0.482 e. The van der Waals surface area contributed by atoms with Gasteiger partial charge in [0.05, 0.1) is 11.4 Å².